The monoisotopic (exact) mass is 383 g/mol. The first-order chi connectivity index (χ1) is 9.17. The number of alkyl halides is 1. The zero-order chi connectivity index (χ0) is 14.9. The van der Waals surface area contributed by atoms with Crippen molar-refractivity contribution in [1.29, 1.82) is 0 Å². The number of thioether (sulfide) groups is 1. The lowest BCUT2D eigenvalue weighted by Crippen LogP contribution is -2.53. The van der Waals surface area contributed by atoms with Crippen LogP contribution in [0.5, 0.6) is 0 Å². The minimum Gasteiger partial charge on any atom is -0.459 e. The Bertz CT molecular complexity index is 544. The number of rotatable bonds is 2. The summed E-state index contributed by atoms with van der Waals surface area (Å²) in [7, 11) is -3.30. The first kappa shape index (κ1) is 15.1. The molecule has 3 saturated heterocycles. The number of fused-ring (bicyclic) bond motifs is 1. The van der Waals surface area contributed by atoms with Crippen LogP contribution < -0.4 is 0 Å². The van der Waals surface area contributed by atoms with E-state index < -0.39 is 15.6 Å². The highest BCUT2D eigenvalue weighted by atomic mass is 79.9. The van der Waals surface area contributed by atoms with E-state index in [1.54, 1.807) is 16.1 Å². The fourth-order valence-corrected chi connectivity index (χ4v) is 9.02. The molecule has 20 heavy (non-hydrogen) atoms. The quantitative estimate of drug-likeness (QED) is 0.532. The van der Waals surface area contributed by atoms with Crippen LogP contribution in [-0.4, -0.2) is 57.5 Å². The van der Waals surface area contributed by atoms with Crippen LogP contribution in [0.25, 0.3) is 0 Å². The van der Waals surface area contributed by atoms with Crippen LogP contribution in [0, 0.1) is 0 Å². The summed E-state index contributed by atoms with van der Waals surface area (Å²) >= 11 is 4.77. The standard InChI is InChI=1S/C12H18BrNO4S2/c1-12(2,3)14-9-10(18-8(15)5-13)6-4-7(11(9)19-6)20(14,16)17/h6-7,9-11H,4-5H2,1-3H3. The first-order valence-electron chi connectivity index (χ1n) is 6.62. The van der Waals surface area contributed by atoms with Gasteiger partial charge in [0, 0.05) is 16.0 Å². The van der Waals surface area contributed by atoms with E-state index in [1.807, 2.05) is 20.8 Å². The van der Waals surface area contributed by atoms with E-state index in [2.05, 4.69) is 15.9 Å². The predicted molar refractivity (Wildman–Crippen MR) is 81.5 cm³/mol. The largest absolute Gasteiger partial charge is 0.459 e. The summed E-state index contributed by atoms with van der Waals surface area (Å²) in [5.74, 6) is -0.321. The van der Waals surface area contributed by atoms with Crippen LogP contribution in [-0.2, 0) is 19.6 Å². The van der Waals surface area contributed by atoms with E-state index in [9.17, 15) is 13.2 Å². The van der Waals surface area contributed by atoms with Gasteiger partial charge in [-0.3, -0.25) is 4.79 Å². The van der Waals surface area contributed by atoms with Gasteiger partial charge < -0.3 is 4.74 Å². The second kappa shape index (κ2) is 4.60. The van der Waals surface area contributed by atoms with Crippen molar-refractivity contribution in [3.8, 4) is 0 Å². The first-order valence-corrected chi connectivity index (χ1v) is 10.2. The van der Waals surface area contributed by atoms with Crippen molar-refractivity contribution in [3.63, 3.8) is 0 Å². The number of ether oxygens (including phenoxy) is 1. The van der Waals surface area contributed by atoms with Gasteiger partial charge in [-0.1, -0.05) is 15.9 Å². The zero-order valence-electron chi connectivity index (χ0n) is 11.6. The molecule has 0 radical (unpaired) electrons. The molecule has 3 heterocycles. The van der Waals surface area contributed by atoms with Crippen LogP contribution in [0.4, 0.5) is 0 Å². The lowest BCUT2D eigenvalue weighted by molar-refractivity contribution is -0.148. The molecule has 0 aromatic heterocycles. The fraction of sp³-hybridized carbons (Fsp3) is 0.917. The van der Waals surface area contributed by atoms with Gasteiger partial charge in [0.2, 0.25) is 10.0 Å². The van der Waals surface area contributed by atoms with Crippen molar-refractivity contribution >= 4 is 43.7 Å². The van der Waals surface area contributed by atoms with Crippen LogP contribution in [0.1, 0.15) is 27.2 Å². The number of sulfonamides is 1. The number of carbonyl (C=O) groups excluding carboxylic acids is 1. The Morgan fingerprint density at radius 3 is 2.65 bits per heavy atom. The van der Waals surface area contributed by atoms with Crippen LogP contribution in [0.15, 0.2) is 0 Å². The average Bonchev–Trinajstić information content (AvgIpc) is 2.90. The number of esters is 1. The van der Waals surface area contributed by atoms with Gasteiger partial charge in [-0.25, -0.2) is 8.42 Å². The van der Waals surface area contributed by atoms with Crippen molar-refractivity contribution < 1.29 is 17.9 Å². The zero-order valence-corrected chi connectivity index (χ0v) is 14.8. The number of hydrogen-bond acceptors (Lipinski definition) is 5. The normalized spacial score (nSPS) is 42.1. The van der Waals surface area contributed by atoms with Crippen LogP contribution in [0.2, 0.25) is 0 Å². The van der Waals surface area contributed by atoms with Crippen LogP contribution in [0.3, 0.4) is 0 Å². The molecule has 0 aliphatic carbocycles. The number of carbonyl (C=O) groups is 1. The third kappa shape index (κ3) is 1.98. The van der Waals surface area contributed by atoms with Crippen molar-refractivity contribution in [2.24, 2.45) is 0 Å². The molecule has 0 spiro atoms. The molecule has 5 nitrogen and oxygen atoms in total. The average molecular weight is 384 g/mol. The summed E-state index contributed by atoms with van der Waals surface area (Å²) in [6, 6.07) is -0.211. The highest BCUT2D eigenvalue weighted by Crippen LogP contribution is 2.58. The maximum atomic E-state index is 12.7. The summed E-state index contributed by atoms with van der Waals surface area (Å²) in [5.41, 5.74) is -0.491. The van der Waals surface area contributed by atoms with Crippen LogP contribution >= 0.6 is 27.7 Å². The SMILES string of the molecule is CC(C)(C)N1C2C(OC(=O)CBr)C3CC(C2S3)S1(=O)=O. The predicted octanol–water partition coefficient (Wildman–Crippen LogP) is 1.36. The Hall–Kier alpha value is 0.210. The Morgan fingerprint density at radius 1 is 1.45 bits per heavy atom. The fourth-order valence-electron chi connectivity index (χ4n) is 3.66. The molecule has 5 atom stereocenters. The highest BCUT2D eigenvalue weighted by molar-refractivity contribution is 9.09. The molecule has 3 aliphatic rings. The molecule has 0 aromatic carbocycles. The minimum atomic E-state index is -3.30. The Balaban J connectivity index is 1.99. The molecule has 0 saturated carbocycles. The van der Waals surface area contributed by atoms with E-state index in [4.69, 9.17) is 4.74 Å². The molecule has 3 rings (SSSR count). The molecular formula is C12H18BrNO4S2. The third-order valence-electron chi connectivity index (χ3n) is 4.17. The number of halogens is 1. The molecule has 3 fully saturated rings. The summed E-state index contributed by atoms with van der Waals surface area (Å²) in [4.78, 5) is 11.6. The van der Waals surface area contributed by atoms with Gasteiger partial charge in [-0.15, -0.1) is 11.8 Å². The van der Waals surface area contributed by atoms with E-state index in [1.165, 1.54) is 0 Å². The Kier molecular flexibility index (Phi) is 3.48. The molecular weight excluding hydrogens is 366 g/mol. The molecule has 0 aromatic rings. The minimum absolute atomic E-state index is 0.0392. The van der Waals surface area contributed by atoms with Gasteiger partial charge in [0.25, 0.3) is 0 Å². The molecule has 5 unspecified atom stereocenters. The van der Waals surface area contributed by atoms with Crippen molar-refractivity contribution in [3.05, 3.63) is 0 Å². The van der Waals surface area contributed by atoms with Crippen molar-refractivity contribution in [2.75, 3.05) is 5.33 Å². The molecule has 8 heteroatoms. The summed E-state index contributed by atoms with van der Waals surface area (Å²) in [6.07, 6.45) is 0.281. The van der Waals surface area contributed by atoms with E-state index in [0.717, 1.165) is 0 Å². The number of hydrogen-bond donors (Lipinski definition) is 0. The topological polar surface area (TPSA) is 63.7 Å². The Morgan fingerprint density at radius 2 is 2.10 bits per heavy atom. The molecule has 2 bridgehead atoms. The van der Waals surface area contributed by atoms with Gasteiger partial charge in [0.1, 0.15) is 11.4 Å². The third-order valence-corrected chi connectivity index (χ3v) is 9.12. The van der Waals surface area contributed by atoms with Gasteiger partial charge in [-0.05, 0) is 27.2 Å². The van der Waals surface area contributed by atoms with Gasteiger partial charge in [-0.2, -0.15) is 4.31 Å². The molecule has 0 N–H and O–H groups in total. The van der Waals surface area contributed by atoms with Crippen molar-refractivity contribution in [1.82, 2.24) is 4.31 Å². The lowest BCUT2D eigenvalue weighted by atomic mass is 9.90. The van der Waals surface area contributed by atoms with Gasteiger partial charge >= 0.3 is 5.97 Å². The van der Waals surface area contributed by atoms with E-state index in [0.29, 0.717) is 6.42 Å². The molecule has 114 valence electrons. The second-order valence-electron chi connectivity index (χ2n) is 6.50. The number of nitrogens with zero attached hydrogens (tertiary/aromatic N) is 1. The second-order valence-corrected chi connectivity index (χ2v) is 10.5. The van der Waals surface area contributed by atoms with E-state index >= 15 is 0 Å². The van der Waals surface area contributed by atoms with Crippen molar-refractivity contribution in [2.45, 2.75) is 60.6 Å². The van der Waals surface area contributed by atoms with Gasteiger partial charge in [0.05, 0.1) is 11.3 Å². The molecule has 3 aliphatic heterocycles. The highest BCUT2D eigenvalue weighted by Gasteiger charge is 2.70. The lowest BCUT2D eigenvalue weighted by Gasteiger charge is -2.37. The maximum absolute atomic E-state index is 12.7. The smallest absolute Gasteiger partial charge is 0.316 e. The maximum Gasteiger partial charge on any atom is 0.316 e. The summed E-state index contributed by atoms with van der Waals surface area (Å²) < 4.78 is 32.6. The van der Waals surface area contributed by atoms with E-state index in [-0.39, 0.29) is 39.2 Å². The molecule has 0 amide bonds. The summed E-state index contributed by atoms with van der Waals surface area (Å²) in [6.45, 7) is 5.70. The summed E-state index contributed by atoms with van der Waals surface area (Å²) in [5, 5.41) is -0.0117. The van der Waals surface area contributed by atoms with Gasteiger partial charge in [0.15, 0.2) is 0 Å². The Labute approximate surface area is 132 Å².